The van der Waals surface area contributed by atoms with Crippen molar-refractivity contribution in [3.63, 3.8) is 0 Å². The Morgan fingerprint density at radius 3 is 2.33 bits per heavy atom. The number of carbonyl (C=O) groups excluding carboxylic acids is 1. The highest BCUT2D eigenvalue weighted by Gasteiger charge is 2.01. The Morgan fingerprint density at radius 1 is 0.833 bits per heavy atom. The Labute approximate surface area is 153 Å². The van der Waals surface area contributed by atoms with Crippen molar-refractivity contribution in [2.75, 3.05) is 19.6 Å². The standard InChI is InChI=1S/C19H22Cl2N2O/c20-17-6-4-15(5-7-17)9-13-23-19(24)10-12-22-11-8-16-2-1-3-18(21)14-16/h1-7,14,22H,8-13H2,(H,23,24). The zero-order valence-corrected chi connectivity index (χ0v) is 15.0. The molecule has 0 aromatic heterocycles. The van der Waals surface area contributed by atoms with Crippen molar-refractivity contribution in [3.8, 4) is 0 Å². The number of amides is 1. The van der Waals surface area contributed by atoms with Gasteiger partial charge < -0.3 is 10.6 Å². The summed E-state index contributed by atoms with van der Waals surface area (Å²) >= 11 is 11.8. The average Bonchev–Trinajstić information content (AvgIpc) is 2.56. The third-order valence-electron chi connectivity index (χ3n) is 3.66. The fourth-order valence-electron chi connectivity index (χ4n) is 2.34. The van der Waals surface area contributed by atoms with Crippen LogP contribution in [0.2, 0.25) is 10.0 Å². The molecule has 2 rings (SSSR count). The van der Waals surface area contributed by atoms with Crippen LogP contribution >= 0.6 is 23.2 Å². The molecular weight excluding hydrogens is 343 g/mol. The minimum absolute atomic E-state index is 0.0687. The van der Waals surface area contributed by atoms with Gasteiger partial charge in [0.1, 0.15) is 0 Å². The smallest absolute Gasteiger partial charge is 0.221 e. The maximum atomic E-state index is 11.8. The SMILES string of the molecule is O=C(CCNCCc1cccc(Cl)c1)NCCc1ccc(Cl)cc1. The maximum Gasteiger partial charge on any atom is 0.221 e. The van der Waals surface area contributed by atoms with E-state index in [0.29, 0.717) is 19.5 Å². The van der Waals surface area contributed by atoms with Crippen molar-refractivity contribution in [2.45, 2.75) is 19.3 Å². The van der Waals surface area contributed by atoms with Crippen molar-refractivity contribution < 1.29 is 4.79 Å². The average molecular weight is 365 g/mol. The van der Waals surface area contributed by atoms with Gasteiger partial charge in [-0.25, -0.2) is 0 Å². The van der Waals surface area contributed by atoms with Gasteiger partial charge in [-0.3, -0.25) is 4.79 Å². The normalized spacial score (nSPS) is 10.6. The lowest BCUT2D eigenvalue weighted by molar-refractivity contribution is -0.120. The zero-order valence-electron chi connectivity index (χ0n) is 13.5. The molecule has 0 aliphatic rings. The minimum atomic E-state index is 0.0687. The Kier molecular flexibility index (Phi) is 8.10. The first kappa shape index (κ1) is 18.8. The lowest BCUT2D eigenvalue weighted by Crippen LogP contribution is -2.29. The van der Waals surface area contributed by atoms with Gasteiger partial charge in [-0.15, -0.1) is 0 Å². The molecule has 0 heterocycles. The van der Waals surface area contributed by atoms with E-state index in [4.69, 9.17) is 23.2 Å². The summed E-state index contributed by atoms with van der Waals surface area (Å²) in [6.45, 7) is 2.15. The second kappa shape index (κ2) is 10.3. The van der Waals surface area contributed by atoms with Crippen molar-refractivity contribution in [1.82, 2.24) is 10.6 Å². The van der Waals surface area contributed by atoms with E-state index in [9.17, 15) is 4.79 Å². The highest BCUT2D eigenvalue weighted by Crippen LogP contribution is 2.11. The summed E-state index contributed by atoms with van der Waals surface area (Å²) in [4.78, 5) is 11.8. The molecule has 0 atom stereocenters. The Bertz CT molecular complexity index is 644. The number of hydrogen-bond donors (Lipinski definition) is 2. The predicted octanol–water partition coefficient (Wildman–Crippen LogP) is 3.87. The molecule has 3 nitrogen and oxygen atoms in total. The van der Waals surface area contributed by atoms with E-state index in [-0.39, 0.29) is 5.91 Å². The van der Waals surface area contributed by atoms with E-state index in [2.05, 4.69) is 16.7 Å². The molecule has 0 unspecified atom stereocenters. The van der Waals surface area contributed by atoms with Crippen molar-refractivity contribution in [1.29, 1.82) is 0 Å². The highest BCUT2D eigenvalue weighted by molar-refractivity contribution is 6.30. The lowest BCUT2D eigenvalue weighted by atomic mass is 10.1. The molecule has 0 aliphatic heterocycles. The molecule has 0 saturated carbocycles. The van der Waals surface area contributed by atoms with Gasteiger partial charge in [0, 0.05) is 29.6 Å². The number of rotatable bonds is 9. The van der Waals surface area contributed by atoms with Gasteiger partial charge in [-0.2, -0.15) is 0 Å². The Hall–Kier alpha value is -1.55. The van der Waals surface area contributed by atoms with Crippen LogP contribution in [0.25, 0.3) is 0 Å². The van der Waals surface area contributed by atoms with Crippen LogP contribution in [0.4, 0.5) is 0 Å². The fourth-order valence-corrected chi connectivity index (χ4v) is 2.68. The number of nitrogens with one attached hydrogen (secondary N) is 2. The molecule has 0 bridgehead atoms. The minimum Gasteiger partial charge on any atom is -0.356 e. The third-order valence-corrected chi connectivity index (χ3v) is 4.14. The van der Waals surface area contributed by atoms with E-state index in [1.807, 2.05) is 42.5 Å². The van der Waals surface area contributed by atoms with Crippen LogP contribution in [0.1, 0.15) is 17.5 Å². The van der Waals surface area contributed by atoms with E-state index >= 15 is 0 Å². The quantitative estimate of drug-likeness (QED) is 0.663. The molecule has 5 heteroatoms. The largest absolute Gasteiger partial charge is 0.356 e. The molecule has 2 aromatic rings. The van der Waals surface area contributed by atoms with Gasteiger partial charge in [-0.05, 0) is 54.8 Å². The van der Waals surface area contributed by atoms with Crippen molar-refractivity contribution >= 4 is 29.1 Å². The zero-order chi connectivity index (χ0) is 17.2. The number of carbonyl (C=O) groups is 1. The summed E-state index contributed by atoms with van der Waals surface area (Å²) in [6, 6.07) is 15.5. The van der Waals surface area contributed by atoms with Gasteiger partial charge in [0.15, 0.2) is 0 Å². The maximum absolute atomic E-state index is 11.8. The van der Waals surface area contributed by atoms with Crippen LogP contribution in [-0.2, 0) is 17.6 Å². The van der Waals surface area contributed by atoms with Crippen LogP contribution < -0.4 is 10.6 Å². The Morgan fingerprint density at radius 2 is 1.58 bits per heavy atom. The second-order valence-electron chi connectivity index (χ2n) is 5.61. The topological polar surface area (TPSA) is 41.1 Å². The fraction of sp³-hybridized carbons (Fsp3) is 0.316. The van der Waals surface area contributed by atoms with Crippen LogP contribution in [-0.4, -0.2) is 25.5 Å². The molecule has 2 aromatic carbocycles. The number of halogens is 2. The highest BCUT2D eigenvalue weighted by atomic mass is 35.5. The molecule has 0 fully saturated rings. The molecule has 24 heavy (non-hydrogen) atoms. The van der Waals surface area contributed by atoms with Crippen LogP contribution in [0.3, 0.4) is 0 Å². The third kappa shape index (κ3) is 7.35. The molecule has 128 valence electrons. The van der Waals surface area contributed by atoms with Gasteiger partial charge >= 0.3 is 0 Å². The first-order chi connectivity index (χ1) is 11.6. The summed E-state index contributed by atoms with van der Waals surface area (Å²) in [7, 11) is 0. The number of benzene rings is 2. The first-order valence-electron chi connectivity index (χ1n) is 8.10. The second-order valence-corrected chi connectivity index (χ2v) is 6.48. The summed E-state index contributed by atoms with van der Waals surface area (Å²) in [5.74, 6) is 0.0687. The first-order valence-corrected chi connectivity index (χ1v) is 8.85. The molecule has 0 aliphatic carbocycles. The molecular formula is C19H22Cl2N2O. The Balaban J connectivity index is 1.52. The summed E-state index contributed by atoms with van der Waals surface area (Å²) < 4.78 is 0. The van der Waals surface area contributed by atoms with Crippen LogP contribution in [0, 0.1) is 0 Å². The lowest BCUT2D eigenvalue weighted by Gasteiger charge is -2.07. The molecule has 2 N–H and O–H groups in total. The summed E-state index contributed by atoms with van der Waals surface area (Å²) in [6.07, 6.45) is 2.19. The molecule has 1 amide bonds. The van der Waals surface area contributed by atoms with Gasteiger partial charge in [0.05, 0.1) is 0 Å². The predicted molar refractivity (Wildman–Crippen MR) is 101 cm³/mol. The van der Waals surface area contributed by atoms with E-state index < -0.39 is 0 Å². The van der Waals surface area contributed by atoms with Crippen molar-refractivity contribution in [2.24, 2.45) is 0 Å². The monoisotopic (exact) mass is 364 g/mol. The van der Waals surface area contributed by atoms with E-state index in [1.54, 1.807) is 0 Å². The van der Waals surface area contributed by atoms with Gasteiger partial charge in [0.2, 0.25) is 5.91 Å². The molecule has 0 radical (unpaired) electrons. The number of hydrogen-bond acceptors (Lipinski definition) is 2. The van der Waals surface area contributed by atoms with Crippen molar-refractivity contribution in [3.05, 3.63) is 69.7 Å². The summed E-state index contributed by atoms with van der Waals surface area (Å²) in [5.41, 5.74) is 2.36. The molecule has 0 saturated heterocycles. The van der Waals surface area contributed by atoms with E-state index in [1.165, 1.54) is 11.1 Å². The summed E-state index contributed by atoms with van der Waals surface area (Å²) in [5, 5.41) is 7.70. The van der Waals surface area contributed by atoms with Gasteiger partial charge in [-0.1, -0.05) is 47.5 Å². The van der Waals surface area contributed by atoms with E-state index in [0.717, 1.165) is 29.4 Å². The van der Waals surface area contributed by atoms with Crippen LogP contribution in [0.15, 0.2) is 48.5 Å². The molecule has 0 spiro atoms. The van der Waals surface area contributed by atoms with Gasteiger partial charge in [0.25, 0.3) is 0 Å². The van der Waals surface area contributed by atoms with Crippen LogP contribution in [0.5, 0.6) is 0 Å².